The molecule has 0 spiro atoms. The molecule has 100 valence electrons. The van der Waals surface area contributed by atoms with E-state index in [9.17, 15) is 0 Å². The molecule has 0 aliphatic carbocycles. The SMILES string of the molecule is Cc1ccc(-c2c(N)ncnc2OCCO)c(C)c1. The predicted octanol–water partition coefficient (Wildman–Crippen LogP) is 1.71. The van der Waals surface area contributed by atoms with Crippen LogP contribution in [-0.4, -0.2) is 28.3 Å². The normalized spacial score (nSPS) is 10.5. The highest BCUT2D eigenvalue weighted by Gasteiger charge is 2.14. The van der Waals surface area contributed by atoms with Crippen molar-refractivity contribution in [2.24, 2.45) is 0 Å². The first kappa shape index (κ1) is 13.3. The summed E-state index contributed by atoms with van der Waals surface area (Å²) in [6, 6.07) is 6.05. The number of benzene rings is 1. The molecule has 0 bridgehead atoms. The standard InChI is InChI=1S/C14H17N3O2/c1-9-3-4-11(10(2)7-9)12-13(15)16-8-17-14(12)19-6-5-18/h3-4,7-8,18H,5-6H2,1-2H3,(H2,15,16,17). The Balaban J connectivity index is 2.53. The lowest BCUT2D eigenvalue weighted by atomic mass is 10.00. The third-order valence-electron chi connectivity index (χ3n) is 2.82. The number of rotatable bonds is 4. The van der Waals surface area contributed by atoms with Crippen molar-refractivity contribution in [2.45, 2.75) is 13.8 Å². The van der Waals surface area contributed by atoms with Gasteiger partial charge in [-0.05, 0) is 25.0 Å². The van der Waals surface area contributed by atoms with Crippen LogP contribution in [0.5, 0.6) is 5.88 Å². The molecule has 19 heavy (non-hydrogen) atoms. The van der Waals surface area contributed by atoms with Gasteiger partial charge in [-0.25, -0.2) is 9.97 Å². The van der Waals surface area contributed by atoms with Crippen LogP contribution >= 0.6 is 0 Å². The number of anilines is 1. The van der Waals surface area contributed by atoms with Gasteiger partial charge in [0, 0.05) is 0 Å². The second kappa shape index (κ2) is 5.67. The van der Waals surface area contributed by atoms with Gasteiger partial charge in [-0.1, -0.05) is 23.8 Å². The number of aliphatic hydroxyl groups excluding tert-OH is 1. The van der Waals surface area contributed by atoms with E-state index in [0.717, 1.165) is 11.1 Å². The average Bonchev–Trinajstić information content (AvgIpc) is 2.37. The summed E-state index contributed by atoms with van der Waals surface area (Å²) in [5.74, 6) is 0.767. The third kappa shape index (κ3) is 2.82. The Labute approximate surface area is 112 Å². The van der Waals surface area contributed by atoms with E-state index in [0.29, 0.717) is 17.3 Å². The second-order valence-corrected chi connectivity index (χ2v) is 4.33. The maximum absolute atomic E-state index is 8.85. The minimum Gasteiger partial charge on any atom is -0.475 e. The molecule has 0 radical (unpaired) electrons. The first-order valence-electron chi connectivity index (χ1n) is 6.05. The predicted molar refractivity (Wildman–Crippen MR) is 73.9 cm³/mol. The lowest BCUT2D eigenvalue weighted by Gasteiger charge is -2.13. The minimum atomic E-state index is -0.0732. The zero-order valence-electron chi connectivity index (χ0n) is 11.1. The van der Waals surface area contributed by atoms with Gasteiger partial charge in [0.1, 0.15) is 18.8 Å². The summed E-state index contributed by atoms with van der Waals surface area (Å²) in [5.41, 5.74) is 9.81. The highest BCUT2D eigenvalue weighted by atomic mass is 16.5. The Hall–Kier alpha value is -2.14. The van der Waals surface area contributed by atoms with Gasteiger partial charge in [-0.15, -0.1) is 0 Å². The molecule has 0 aliphatic rings. The lowest BCUT2D eigenvalue weighted by molar-refractivity contribution is 0.197. The Bertz CT molecular complexity index is 585. The third-order valence-corrected chi connectivity index (χ3v) is 2.82. The molecule has 0 unspecified atom stereocenters. The number of hydrogen-bond acceptors (Lipinski definition) is 5. The fourth-order valence-electron chi connectivity index (χ4n) is 1.98. The molecule has 2 rings (SSSR count). The van der Waals surface area contributed by atoms with E-state index < -0.39 is 0 Å². The molecule has 5 heteroatoms. The molecule has 1 heterocycles. The van der Waals surface area contributed by atoms with Gasteiger partial charge in [0.2, 0.25) is 5.88 Å². The summed E-state index contributed by atoms with van der Waals surface area (Å²) < 4.78 is 5.43. The monoisotopic (exact) mass is 259 g/mol. The minimum absolute atomic E-state index is 0.0732. The van der Waals surface area contributed by atoms with Crippen molar-refractivity contribution in [1.82, 2.24) is 9.97 Å². The number of hydrogen-bond donors (Lipinski definition) is 2. The molecule has 0 fully saturated rings. The Morgan fingerprint density at radius 3 is 2.74 bits per heavy atom. The van der Waals surface area contributed by atoms with Crippen LogP contribution in [0.25, 0.3) is 11.1 Å². The van der Waals surface area contributed by atoms with E-state index in [4.69, 9.17) is 15.6 Å². The molecule has 0 saturated heterocycles. The van der Waals surface area contributed by atoms with Crippen molar-refractivity contribution in [3.8, 4) is 17.0 Å². The van der Waals surface area contributed by atoms with Gasteiger partial charge >= 0.3 is 0 Å². The van der Waals surface area contributed by atoms with Gasteiger partial charge in [0.25, 0.3) is 0 Å². The topological polar surface area (TPSA) is 81.3 Å². The van der Waals surface area contributed by atoms with E-state index in [1.165, 1.54) is 11.9 Å². The summed E-state index contributed by atoms with van der Waals surface area (Å²) in [4.78, 5) is 8.10. The van der Waals surface area contributed by atoms with Crippen LogP contribution in [0, 0.1) is 13.8 Å². The van der Waals surface area contributed by atoms with Gasteiger partial charge in [0.15, 0.2) is 0 Å². The summed E-state index contributed by atoms with van der Waals surface area (Å²) in [6.07, 6.45) is 1.36. The van der Waals surface area contributed by atoms with E-state index in [-0.39, 0.29) is 13.2 Å². The number of ether oxygens (including phenoxy) is 1. The number of aromatic nitrogens is 2. The van der Waals surface area contributed by atoms with Crippen LogP contribution in [-0.2, 0) is 0 Å². The molecular formula is C14H17N3O2. The maximum Gasteiger partial charge on any atom is 0.226 e. The first-order valence-corrected chi connectivity index (χ1v) is 6.05. The van der Waals surface area contributed by atoms with Crippen LogP contribution in [0.15, 0.2) is 24.5 Å². The average molecular weight is 259 g/mol. The number of nitrogens with two attached hydrogens (primary N) is 1. The van der Waals surface area contributed by atoms with Crippen molar-refractivity contribution in [1.29, 1.82) is 0 Å². The zero-order valence-corrected chi connectivity index (χ0v) is 11.1. The maximum atomic E-state index is 8.85. The van der Waals surface area contributed by atoms with Crippen LogP contribution in [0.4, 0.5) is 5.82 Å². The van der Waals surface area contributed by atoms with Gasteiger partial charge in [-0.3, -0.25) is 0 Å². The first-order chi connectivity index (χ1) is 9.13. The van der Waals surface area contributed by atoms with Crippen molar-refractivity contribution in [2.75, 3.05) is 18.9 Å². The van der Waals surface area contributed by atoms with Crippen LogP contribution < -0.4 is 10.5 Å². The van der Waals surface area contributed by atoms with Gasteiger partial charge in [0.05, 0.1) is 12.2 Å². The number of nitrogen functional groups attached to an aromatic ring is 1. The van der Waals surface area contributed by atoms with Gasteiger partial charge in [-0.2, -0.15) is 0 Å². The number of nitrogens with zero attached hydrogens (tertiary/aromatic N) is 2. The Kier molecular flexibility index (Phi) is 3.97. The van der Waals surface area contributed by atoms with Crippen molar-refractivity contribution in [3.05, 3.63) is 35.7 Å². The quantitative estimate of drug-likeness (QED) is 0.873. The van der Waals surface area contributed by atoms with Crippen LogP contribution in [0.1, 0.15) is 11.1 Å². The fraction of sp³-hybridized carbons (Fsp3) is 0.286. The smallest absolute Gasteiger partial charge is 0.226 e. The molecule has 0 atom stereocenters. The summed E-state index contributed by atoms with van der Waals surface area (Å²) >= 11 is 0. The van der Waals surface area contributed by atoms with E-state index in [2.05, 4.69) is 16.0 Å². The highest BCUT2D eigenvalue weighted by molar-refractivity contribution is 5.80. The van der Waals surface area contributed by atoms with E-state index in [1.54, 1.807) is 0 Å². The van der Waals surface area contributed by atoms with Crippen LogP contribution in [0.2, 0.25) is 0 Å². The Morgan fingerprint density at radius 1 is 1.26 bits per heavy atom. The molecule has 0 amide bonds. The lowest BCUT2D eigenvalue weighted by Crippen LogP contribution is -2.07. The molecule has 0 aliphatic heterocycles. The van der Waals surface area contributed by atoms with Gasteiger partial charge < -0.3 is 15.6 Å². The largest absolute Gasteiger partial charge is 0.475 e. The van der Waals surface area contributed by atoms with Crippen molar-refractivity contribution >= 4 is 5.82 Å². The molecule has 0 saturated carbocycles. The fourth-order valence-corrected chi connectivity index (χ4v) is 1.98. The number of aryl methyl sites for hydroxylation is 2. The van der Waals surface area contributed by atoms with Crippen molar-refractivity contribution in [3.63, 3.8) is 0 Å². The van der Waals surface area contributed by atoms with E-state index >= 15 is 0 Å². The van der Waals surface area contributed by atoms with Crippen molar-refractivity contribution < 1.29 is 9.84 Å². The number of aliphatic hydroxyl groups is 1. The molecule has 3 N–H and O–H groups in total. The molecule has 1 aromatic heterocycles. The highest BCUT2D eigenvalue weighted by Crippen LogP contribution is 2.34. The molecule has 1 aromatic carbocycles. The summed E-state index contributed by atoms with van der Waals surface area (Å²) in [7, 11) is 0. The molecule has 5 nitrogen and oxygen atoms in total. The Morgan fingerprint density at radius 2 is 2.05 bits per heavy atom. The summed E-state index contributed by atoms with van der Waals surface area (Å²) in [6.45, 7) is 4.14. The molecular weight excluding hydrogens is 242 g/mol. The van der Waals surface area contributed by atoms with E-state index in [1.807, 2.05) is 26.0 Å². The zero-order chi connectivity index (χ0) is 13.8. The second-order valence-electron chi connectivity index (χ2n) is 4.33. The van der Waals surface area contributed by atoms with Crippen LogP contribution in [0.3, 0.4) is 0 Å². The summed E-state index contributed by atoms with van der Waals surface area (Å²) in [5, 5.41) is 8.85. The molecule has 2 aromatic rings.